The largest absolute Gasteiger partial charge is 0.382 e. The zero-order valence-electron chi connectivity index (χ0n) is 11.1. The number of ether oxygens (including phenoxy) is 2. The van der Waals surface area contributed by atoms with E-state index in [2.05, 4.69) is 5.32 Å². The molecule has 0 unspecified atom stereocenters. The number of sulfone groups is 1. The van der Waals surface area contributed by atoms with Crippen LogP contribution in [-0.4, -0.2) is 59.4 Å². The van der Waals surface area contributed by atoms with Crippen molar-refractivity contribution in [3.8, 4) is 0 Å². The topological polar surface area (TPSA) is 64.6 Å². The van der Waals surface area contributed by atoms with Gasteiger partial charge in [0.05, 0.1) is 24.2 Å². The molecule has 0 atom stereocenters. The number of nitrogens with one attached hydrogen (secondary N) is 1. The van der Waals surface area contributed by atoms with Crippen LogP contribution in [0.4, 0.5) is 0 Å². The van der Waals surface area contributed by atoms with E-state index in [9.17, 15) is 8.42 Å². The summed E-state index contributed by atoms with van der Waals surface area (Å²) in [6.07, 6.45) is 0.880. The van der Waals surface area contributed by atoms with Crippen molar-refractivity contribution in [2.24, 2.45) is 0 Å². The van der Waals surface area contributed by atoms with E-state index in [1.165, 1.54) is 0 Å². The summed E-state index contributed by atoms with van der Waals surface area (Å²) in [5, 5.41) is 2.81. The SMILES string of the molecule is COCCOCCCNCCS(=O)(=O)C(C)C. The van der Waals surface area contributed by atoms with E-state index in [-0.39, 0.29) is 11.0 Å². The molecular formula is C11H25NO4S. The van der Waals surface area contributed by atoms with Crippen LogP contribution >= 0.6 is 0 Å². The smallest absolute Gasteiger partial charge is 0.153 e. The molecule has 0 bridgehead atoms. The Hall–Kier alpha value is -0.170. The summed E-state index contributed by atoms with van der Waals surface area (Å²) < 4.78 is 33.0. The van der Waals surface area contributed by atoms with Gasteiger partial charge in [0.2, 0.25) is 0 Å². The molecule has 6 heteroatoms. The van der Waals surface area contributed by atoms with E-state index < -0.39 is 9.84 Å². The molecule has 0 saturated carbocycles. The second-order valence-corrected chi connectivity index (χ2v) is 6.80. The fraction of sp³-hybridized carbons (Fsp3) is 1.00. The molecule has 0 aliphatic rings. The highest BCUT2D eigenvalue weighted by atomic mass is 32.2. The summed E-state index contributed by atoms with van der Waals surface area (Å²) >= 11 is 0. The van der Waals surface area contributed by atoms with Gasteiger partial charge in [-0.3, -0.25) is 0 Å². The lowest BCUT2D eigenvalue weighted by Gasteiger charge is -2.08. The molecule has 0 heterocycles. The third-order valence-corrected chi connectivity index (χ3v) is 4.57. The summed E-state index contributed by atoms with van der Waals surface area (Å²) in [6, 6.07) is 0. The summed E-state index contributed by atoms with van der Waals surface area (Å²) in [6.45, 7) is 6.60. The molecule has 0 spiro atoms. The Balaban J connectivity index is 3.30. The first kappa shape index (κ1) is 16.8. The summed E-state index contributed by atoms with van der Waals surface area (Å²) in [5.41, 5.74) is 0. The number of hydrogen-bond donors (Lipinski definition) is 1. The predicted octanol–water partition coefficient (Wildman–Crippen LogP) is 0.452. The van der Waals surface area contributed by atoms with Crippen molar-refractivity contribution in [1.29, 1.82) is 0 Å². The lowest BCUT2D eigenvalue weighted by Crippen LogP contribution is -2.28. The van der Waals surface area contributed by atoms with E-state index in [0.717, 1.165) is 13.0 Å². The van der Waals surface area contributed by atoms with Gasteiger partial charge in [-0.2, -0.15) is 0 Å². The van der Waals surface area contributed by atoms with Gasteiger partial charge in [-0.15, -0.1) is 0 Å². The van der Waals surface area contributed by atoms with Crippen molar-refractivity contribution in [1.82, 2.24) is 5.32 Å². The maximum Gasteiger partial charge on any atom is 0.153 e. The fourth-order valence-electron chi connectivity index (χ4n) is 1.12. The molecule has 17 heavy (non-hydrogen) atoms. The molecule has 0 fully saturated rings. The van der Waals surface area contributed by atoms with E-state index in [1.54, 1.807) is 21.0 Å². The van der Waals surface area contributed by atoms with Crippen LogP contribution in [0.15, 0.2) is 0 Å². The highest BCUT2D eigenvalue weighted by Crippen LogP contribution is 1.98. The third-order valence-electron chi connectivity index (χ3n) is 2.36. The number of rotatable bonds is 11. The molecule has 104 valence electrons. The second-order valence-electron chi connectivity index (χ2n) is 4.12. The Labute approximate surface area is 105 Å². The van der Waals surface area contributed by atoms with Crippen LogP contribution in [0.3, 0.4) is 0 Å². The van der Waals surface area contributed by atoms with Crippen molar-refractivity contribution < 1.29 is 17.9 Å². The summed E-state index contributed by atoms with van der Waals surface area (Å²) in [4.78, 5) is 0. The maximum atomic E-state index is 11.5. The molecular weight excluding hydrogens is 242 g/mol. The molecule has 5 nitrogen and oxygen atoms in total. The van der Waals surface area contributed by atoms with Crippen molar-refractivity contribution in [2.75, 3.05) is 45.8 Å². The molecule has 0 saturated heterocycles. The Morgan fingerprint density at radius 3 is 2.41 bits per heavy atom. The Bertz CT molecular complexity index is 265. The predicted molar refractivity (Wildman–Crippen MR) is 69.1 cm³/mol. The van der Waals surface area contributed by atoms with Gasteiger partial charge in [-0.25, -0.2) is 8.42 Å². The standard InChI is InChI=1S/C11H25NO4S/c1-11(2)17(13,14)10-6-12-5-4-7-16-9-8-15-3/h11-12H,4-10H2,1-3H3. The molecule has 0 rings (SSSR count). The normalized spacial score (nSPS) is 12.2. The third kappa shape index (κ3) is 9.52. The van der Waals surface area contributed by atoms with Crippen LogP contribution < -0.4 is 5.32 Å². The zero-order valence-corrected chi connectivity index (χ0v) is 11.9. The molecule has 0 aromatic carbocycles. The van der Waals surface area contributed by atoms with Gasteiger partial charge in [0.25, 0.3) is 0 Å². The molecule has 1 N–H and O–H groups in total. The van der Waals surface area contributed by atoms with E-state index in [1.807, 2.05) is 0 Å². The van der Waals surface area contributed by atoms with Gasteiger partial charge in [0.15, 0.2) is 9.84 Å². The van der Waals surface area contributed by atoms with Crippen LogP contribution in [0.5, 0.6) is 0 Å². The van der Waals surface area contributed by atoms with Crippen LogP contribution in [0.25, 0.3) is 0 Å². The van der Waals surface area contributed by atoms with Gasteiger partial charge in [0.1, 0.15) is 0 Å². The average molecular weight is 267 g/mol. The second kappa shape index (κ2) is 9.82. The fourth-order valence-corrected chi connectivity index (χ4v) is 2.02. The zero-order chi connectivity index (χ0) is 13.1. The minimum atomic E-state index is -2.91. The van der Waals surface area contributed by atoms with Gasteiger partial charge >= 0.3 is 0 Å². The quantitative estimate of drug-likeness (QED) is 0.551. The molecule has 0 aromatic heterocycles. The highest BCUT2D eigenvalue weighted by molar-refractivity contribution is 7.92. The minimum absolute atomic E-state index is 0.204. The maximum absolute atomic E-state index is 11.5. The van der Waals surface area contributed by atoms with Gasteiger partial charge in [-0.05, 0) is 26.8 Å². The molecule has 0 radical (unpaired) electrons. The van der Waals surface area contributed by atoms with Gasteiger partial charge in [0, 0.05) is 20.3 Å². The lowest BCUT2D eigenvalue weighted by atomic mass is 10.4. The highest BCUT2D eigenvalue weighted by Gasteiger charge is 2.14. The first-order valence-electron chi connectivity index (χ1n) is 5.99. The molecule has 0 aromatic rings. The van der Waals surface area contributed by atoms with Gasteiger partial charge < -0.3 is 14.8 Å². The molecule has 0 aliphatic carbocycles. The molecule has 0 aliphatic heterocycles. The number of hydrogen-bond acceptors (Lipinski definition) is 5. The number of methoxy groups -OCH3 is 1. The summed E-state index contributed by atoms with van der Waals surface area (Å²) in [7, 11) is -1.27. The van der Waals surface area contributed by atoms with Gasteiger partial charge in [-0.1, -0.05) is 0 Å². The first-order chi connectivity index (χ1) is 8.00. The van der Waals surface area contributed by atoms with Crippen molar-refractivity contribution in [2.45, 2.75) is 25.5 Å². The van der Waals surface area contributed by atoms with Crippen molar-refractivity contribution in [3.05, 3.63) is 0 Å². The van der Waals surface area contributed by atoms with Crippen LogP contribution in [0.1, 0.15) is 20.3 Å². The monoisotopic (exact) mass is 267 g/mol. The van der Waals surface area contributed by atoms with Crippen LogP contribution in [0.2, 0.25) is 0 Å². The van der Waals surface area contributed by atoms with E-state index in [4.69, 9.17) is 9.47 Å². The Kier molecular flexibility index (Phi) is 9.72. The summed E-state index contributed by atoms with van der Waals surface area (Å²) in [5.74, 6) is 0.204. The van der Waals surface area contributed by atoms with E-state index in [0.29, 0.717) is 26.4 Å². The van der Waals surface area contributed by atoms with Crippen molar-refractivity contribution in [3.63, 3.8) is 0 Å². The van der Waals surface area contributed by atoms with Crippen molar-refractivity contribution >= 4 is 9.84 Å². The Morgan fingerprint density at radius 1 is 1.12 bits per heavy atom. The van der Waals surface area contributed by atoms with E-state index >= 15 is 0 Å². The minimum Gasteiger partial charge on any atom is -0.382 e. The lowest BCUT2D eigenvalue weighted by molar-refractivity contribution is 0.0695. The molecule has 0 amide bonds. The Morgan fingerprint density at radius 2 is 1.82 bits per heavy atom. The average Bonchev–Trinajstić information content (AvgIpc) is 2.26. The van der Waals surface area contributed by atoms with Crippen LogP contribution in [-0.2, 0) is 19.3 Å². The van der Waals surface area contributed by atoms with Crippen LogP contribution in [0, 0.1) is 0 Å². The first-order valence-corrected chi connectivity index (χ1v) is 7.71.